The molecule has 0 amide bonds. The maximum atomic E-state index is 10.9. The first kappa shape index (κ1) is 11.3. The molecule has 1 heterocycles. The van der Waals surface area contributed by atoms with Crippen LogP contribution in [0.25, 0.3) is 0 Å². The van der Waals surface area contributed by atoms with Gasteiger partial charge in [-0.3, -0.25) is 0 Å². The quantitative estimate of drug-likeness (QED) is 0.560. The summed E-state index contributed by atoms with van der Waals surface area (Å²) >= 11 is 5.58. The van der Waals surface area contributed by atoms with Crippen LogP contribution in [0.1, 0.15) is 12.5 Å². The van der Waals surface area contributed by atoms with Crippen molar-refractivity contribution in [1.29, 1.82) is 0 Å². The Kier molecular flexibility index (Phi) is 3.89. The third-order valence-electron chi connectivity index (χ3n) is 1.37. The van der Waals surface area contributed by atoms with Gasteiger partial charge in [-0.1, -0.05) is 17.5 Å². The third-order valence-corrected chi connectivity index (χ3v) is 1.55. The number of hydrogen-bond acceptors (Lipinski definition) is 5. The molecule has 0 bridgehead atoms. The first-order valence-electron chi connectivity index (χ1n) is 4.11. The second-order valence-electron chi connectivity index (χ2n) is 2.44. The minimum Gasteiger partial charge on any atom is -0.456 e. The number of carbonyl (C=O) groups is 1. The van der Waals surface area contributed by atoms with Gasteiger partial charge in [-0.05, 0) is 13.0 Å². The molecule has 0 radical (unpaired) electrons. The van der Waals surface area contributed by atoms with Gasteiger partial charge >= 0.3 is 5.97 Å². The van der Waals surface area contributed by atoms with Crippen LogP contribution >= 0.6 is 11.6 Å². The molecule has 0 saturated carbocycles. The van der Waals surface area contributed by atoms with E-state index in [9.17, 15) is 4.79 Å². The SMILES string of the molecule is CCOC(=O)C#Cc1cc(Cl)nnc1N. The van der Waals surface area contributed by atoms with E-state index >= 15 is 0 Å². The van der Waals surface area contributed by atoms with Gasteiger partial charge in [-0.15, -0.1) is 10.2 Å². The van der Waals surface area contributed by atoms with E-state index in [1.54, 1.807) is 6.92 Å². The molecule has 1 rings (SSSR count). The van der Waals surface area contributed by atoms with E-state index in [4.69, 9.17) is 17.3 Å². The average molecular weight is 226 g/mol. The van der Waals surface area contributed by atoms with Crippen LogP contribution in [0, 0.1) is 11.8 Å². The van der Waals surface area contributed by atoms with E-state index in [-0.39, 0.29) is 17.6 Å². The van der Waals surface area contributed by atoms with Crippen LogP contribution in [0.2, 0.25) is 5.15 Å². The molecule has 78 valence electrons. The van der Waals surface area contributed by atoms with E-state index in [0.29, 0.717) is 5.56 Å². The number of nitrogens with zero attached hydrogens (tertiary/aromatic N) is 2. The Bertz CT molecular complexity index is 437. The highest BCUT2D eigenvalue weighted by molar-refractivity contribution is 6.29. The third kappa shape index (κ3) is 3.44. The molecule has 0 spiro atoms. The number of halogens is 1. The summed E-state index contributed by atoms with van der Waals surface area (Å²) < 4.78 is 4.61. The average Bonchev–Trinajstić information content (AvgIpc) is 2.20. The molecule has 6 heteroatoms. The zero-order chi connectivity index (χ0) is 11.3. The predicted molar refractivity (Wildman–Crippen MR) is 55.0 cm³/mol. The number of anilines is 1. The molecule has 0 aliphatic rings. The molecule has 15 heavy (non-hydrogen) atoms. The Morgan fingerprint density at radius 2 is 2.40 bits per heavy atom. The zero-order valence-electron chi connectivity index (χ0n) is 7.95. The van der Waals surface area contributed by atoms with E-state index in [2.05, 4.69) is 26.8 Å². The molecular weight excluding hydrogens is 218 g/mol. The summed E-state index contributed by atoms with van der Waals surface area (Å²) in [5.41, 5.74) is 5.81. The normalized spacial score (nSPS) is 8.93. The Morgan fingerprint density at radius 1 is 1.67 bits per heavy atom. The highest BCUT2D eigenvalue weighted by atomic mass is 35.5. The number of carbonyl (C=O) groups excluding carboxylic acids is 1. The van der Waals surface area contributed by atoms with Crippen LogP contribution in [-0.4, -0.2) is 22.8 Å². The predicted octanol–water partition coefficient (Wildman–Crippen LogP) is 0.627. The summed E-state index contributed by atoms with van der Waals surface area (Å²) in [4.78, 5) is 10.9. The second kappa shape index (κ2) is 5.17. The highest BCUT2D eigenvalue weighted by Crippen LogP contribution is 2.10. The minimum atomic E-state index is -0.621. The first-order chi connectivity index (χ1) is 7.13. The fourth-order valence-corrected chi connectivity index (χ4v) is 0.910. The van der Waals surface area contributed by atoms with Crippen molar-refractivity contribution < 1.29 is 9.53 Å². The Balaban J connectivity index is 2.88. The number of ether oxygens (including phenoxy) is 1. The van der Waals surface area contributed by atoms with Gasteiger partial charge in [0, 0.05) is 5.92 Å². The van der Waals surface area contributed by atoms with Crippen LogP contribution in [0.4, 0.5) is 5.82 Å². The van der Waals surface area contributed by atoms with E-state index < -0.39 is 5.97 Å². The minimum absolute atomic E-state index is 0.121. The molecule has 2 N–H and O–H groups in total. The lowest BCUT2D eigenvalue weighted by Crippen LogP contribution is -2.01. The first-order valence-corrected chi connectivity index (χ1v) is 4.48. The van der Waals surface area contributed by atoms with Gasteiger partial charge in [0.2, 0.25) is 0 Å². The Labute approximate surface area is 91.6 Å². The summed E-state index contributed by atoms with van der Waals surface area (Å²) in [6, 6.07) is 1.43. The lowest BCUT2D eigenvalue weighted by molar-refractivity contribution is -0.136. The van der Waals surface area contributed by atoms with Gasteiger partial charge in [0.25, 0.3) is 0 Å². The van der Waals surface area contributed by atoms with Crippen molar-refractivity contribution in [3.63, 3.8) is 0 Å². The van der Waals surface area contributed by atoms with Gasteiger partial charge in [0.05, 0.1) is 12.2 Å². The molecule has 1 aromatic heterocycles. The van der Waals surface area contributed by atoms with Crippen molar-refractivity contribution >= 4 is 23.4 Å². The molecule has 0 saturated heterocycles. The Morgan fingerprint density at radius 3 is 3.07 bits per heavy atom. The molecule has 0 aliphatic heterocycles. The molecule has 0 aliphatic carbocycles. The number of nitrogens with two attached hydrogens (primary N) is 1. The van der Waals surface area contributed by atoms with Crippen LogP contribution in [-0.2, 0) is 9.53 Å². The highest BCUT2D eigenvalue weighted by Gasteiger charge is 2.00. The lowest BCUT2D eigenvalue weighted by Gasteiger charge is -1.95. The van der Waals surface area contributed by atoms with E-state index in [1.165, 1.54) is 6.07 Å². The van der Waals surface area contributed by atoms with Crippen molar-refractivity contribution in [3.8, 4) is 11.8 Å². The van der Waals surface area contributed by atoms with Crippen LogP contribution in [0.5, 0.6) is 0 Å². The van der Waals surface area contributed by atoms with Crippen molar-refractivity contribution in [2.75, 3.05) is 12.3 Å². The lowest BCUT2D eigenvalue weighted by atomic mass is 10.3. The van der Waals surface area contributed by atoms with E-state index in [1.807, 2.05) is 0 Å². The van der Waals surface area contributed by atoms with Gasteiger partial charge in [0.15, 0.2) is 11.0 Å². The molecular formula is C9H8ClN3O2. The zero-order valence-corrected chi connectivity index (χ0v) is 8.71. The number of esters is 1. The van der Waals surface area contributed by atoms with Crippen molar-refractivity contribution in [2.24, 2.45) is 0 Å². The standard InChI is InChI=1S/C9H8ClN3O2/c1-2-15-8(14)4-3-6-5-7(10)12-13-9(6)11/h5H,2H2,1H3,(H2,11,13). The summed E-state index contributed by atoms with van der Waals surface area (Å²) in [5.74, 6) is 4.25. The summed E-state index contributed by atoms with van der Waals surface area (Å²) in [6.45, 7) is 1.97. The number of nitrogen functional groups attached to an aromatic ring is 1. The molecule has 0 atom stereocenters. The van der Waals surface area contributed by atoms with Crippen LogP contribution in [0.15, 0.2) is 6.07 Å². The van der Waals surface area contributed by atoms with Gasteiger partial charge in [-0.2, -0.15) is 0 Å². The fraction of sp³-hybridized carbons (Fsp3) is 0.222. The second-order valence-corrected chi connectivity index (χ2v) is 2.82. The molecule has 0 aromatic carbocycles. The molecule has 0 fully saturated rings. The number of aromatic nitrogens is 2. The fourth-order valence-electron chi connectivity index (χ4n) is 0.763. The molecule has 1 aromatic rings. The topological polar surface area (TPSA) is 78.1 Å². The number of hydrogen-bond donors (Lipinski definition) is 1. The van der Waals surface area contributed by atoms with Crippen LogP contribution < -0.4 is 5.73 Å². The van der Waals surface area contributed by atoms with Crippen molar-refractivity contribution in [2.45, 2.75) is 6.92 Å². The van der Waals surface area contributed by atoms with Gasteiger partial charge < -0.3 is 10.5 Å². The van der Waals surface area contributed by atoms with E-state index in [0.717, 1.165) is 0 Å². The van der Waals surface area contributed by atoms with Crippen molar-refractivity contribution in [3.05, 3.63) is 16.8 Å². The molecule has 0 unspecified atom stereocenters. The maximum Gasteiger partial charge on any atom is 0.384 e. The largest absolute Gasteiger partial charge is 0.456 e. The van der Waals surface area contributed by atoms with Crippen LogP contribution in [0.3, 0.4) is 0 Å². The number of rotatable bonds is 1. The monoisotopic (exact) mass is 225 g/mol. The summed E-state index contributed by atoms with van der Waals surface area (Å²) in [5, 5.41) is 7.22. The maximum absolute atomic E-state index is 10.9. The van der Waals surface area contributed by atoms with Gasteiger partial charge in [0.1, 0.15) is 0 Å². The summed E-state index contributed by atoms with van der Waals surface area (Å²) in [7, 11) is 0. The van der Waals surface area contributed by atoms with Gasteiger partial charge in [-0.25, -0.2) is 4.79 Å². The van der Waals surface area contributed by atoms with Crippen molar-refractivity contribution in [1.82, 2.24) is 10.2 Å². The Hall–Kier alpha value is -1.80. The smallest absolute Gasteiger partial charge is 0.384 e. The summed E-state index contributed by atoms with van der Waals surface area (Å²) in [6.07, 6.45) is 0. The molecule has 5 nitrogen and oxygen atoms in total.